The Labute approximate surface area is 157 Å². The van der Waals surface area contributed by atoms with E-state index in [0.717, 1.165) is 11.1 Å². The van der Waals surface area contributed by atoms with Crippen LogP contribution in [-0.2, 0) is 11.2 Å². The number of hydrogen-bond donors (Lipinski definition) is 1. The minimum atomic E-state index is -1.25. The molecule has 1 unspecified atom stereocenters. The maximum Gasteiger partial charge on any atom is 0.349 e. The summed E-state index contributed by atoms with van der Waals surface area (Å²) in [5.74, 6) is -1.11. The zero-order valence-electron chi connectivity index (χ0n) is 14.8. The molecule has 27 heavy (non-hydrogen) atoms. The number of nitriles is 1. The minimum absolute atomic E-state index is 0.0342. The van der Waals surface area contributed by atoms with E-state index in [2.05, 4.69) is 11.1 Å². The van der Waals surface area contributed by atoms with Crippen molar-refractivity contribution in [1.82, 2.24) is 4.98 Å². The number of carbonyl (C=O) groups is 1. The van der Waals surface area contributed by atoms with E-state index in [1.54, 1.807) is 30.3 Å². The molecule has 3 aromatic rings. The third kappa shape index (κ3) is 3.96. The maximum atomic E-state index is 11.8. The number of hydrogen-bond acceptors (Lipinski definition) is 4. The van der Waals surface area contributed by atoms with E-state index < -0.39 is 12.1 Å². The molecule has 1 heterocycles. The largest absolute Gasteiger partial charge is 0.478 e. The summed E-state index contributed by atoms with van der Waals surface area (Å²) >= 11 is 0. The third-order valence-corrected chi connectivity index (χ3v) is 4.19. The Kier molecular flexibility index (Phi) is 5.48. The number of nitrogens with zero attached hydrogens (tertiary/aromatic N) is 2. The number of carboxylic acid groups (broad SMARTS) is 1. The lowest BCUT2D eigenvalue weighted by molar-refractivity contribution is -0.145. The molecule has 0 amide bonds. The number of aromatic nitrogens is 1. The van der Waals surface area contributed by atoms with E-state index in [4.69, 9.17) is 4.74 Å². The molecule has 1 atom stereocenters. The summed E-state index contributed by atoms with van der Waals surface area (Å²) in [6.07, 6.45) is -0.647. The first-order valence-corrected chi connectivity index (χ1v) is 8.58. The predicted molar refractivity (Wildman–Crippen MR) is 101 cm³/mol. The number of carboxylic acids is 1. The average Bonchev–Trinajstić information content (AvgIpc) is 2.72. The van der Waals surface area contributed by atoms with E-state index >= 15 is 0 Å². The Morgan fingerprint density at radius 3 is 2.33 bits per heavy atom. The second-order valence-electron chi connectivity index (χ2n) is 5.92. The van der Waals surface area contributed by atoms with Crippen LogP contribution in [-0.4, -0.2) is 16.1 Å². The van der Waals surface area contributed by atoms with Crippen LogP contribution in [0.15, 0.2) is 66.7 Å². The van der Waals surface area contributed by atoms with Crippen LogP contribution in [0, 0.1) is 11.3 Å². The molecule has 0 saturated heterocycles. The van der Waals surface area contributed by atoms with Gasteiger partial charge in [0.1, 0.15) is 11.6 Å². The van der Waals surface area contributed by atoms with Crippen LogP contribution >= 0.6 is 0 Å². The van der Waals surface area contributed by atoms with Crippen molar-refractivity contribution in [1.29, 1.82) is 5.26 Å². The third-order valence-electron chi connectivity index (χ3n) is 4.19. The van der Waals surface area contributed by atoms with Gasteiger partial charge in [0.25, 0.3) is 0 Å². The molecular weight excluding hydrogens is 340 g/mol. The van der Waals surface area contributed by atoms with Gasteiger partial charge in [-0.15, -0.1) is 0 Å². The molecule has 0 aliphatic rings. The molecule has 3 rings (SSSR count). The van der Waals surface area contributed by atoms with Crippen LogP contribution in [0.1, 0.15) is 29.7 Å². The number of rotatable bonds is 6. The van der Waals surface area contributed by atoms with Crippen molar-refractivity contribution < 1.29 is 14.6 Å². The van der Waals surface area contributed by atoms with Gasteiger partial charge in [0.15, 0.2) is 0 Å². The number of aliphatic carboxylic acids is 1. The van der Waals surface area contributed by atoms with Gasteiger partial charge in [0, 0.05) is 11.1 Å². The average molecular weight is 358 g/mol. The van der Waals surface area contributed by atoms with E-state index in [9.17, 15) is 15.2 Å². The molecule has 0 aliphatic carbocycles. The zero-order chi connectivity index (χ0) is 19.2. The van der Waals surface area contributed by atoms with Crippen molar-refractivity contribution in [3.8, 4) is 23.2 Å². The summed E-state index contributed by atoms with van der Waals surface area (Å²) in [5.41, 5.74) is 3.02. The second-order valence-corrected chi connectivity index (χ2v) is 5.92. The normalized spacial score (nSPS) is 11.4. The zero-order valence-corrected chi connectivity index (χ0v) is 14.8. The maximum absolute atomic E-state index is 11.8. The molecule has 0 spiro atoms. The molecule has 0 aliphatic heterocycles. The minimum Gasteiger partial charge on any atom is -0.478 e. The van der Waals surface area contributed by atoms with Crippen molar-refractivity contribution in [2.45, 2.75) is 19.4 Å². The van der Waals surface area contributed by atoms with E-state index in [-0.39, 0.29) is 11.4 Å². The van der Waals surface area contributed by atoms with E-state index in [0.29, 0.717) is 17.7 Å². The Balaban J connectivity index is 2.10. The fourth-order valence-electron chi connectivity index (χ4n) is 2.81. The van der Waals surface area contributed by atoms with Crippen LogP contribution in [0.5, 0.6) is 5.88 Å². The highest BCUT2D eigenvalue weighted by molar-refractivity contribution is 5.75. The van der Waals surface area contributed by atoms with Crippen molar-refractivity contribution in [3.63, 3.8) is 0 Å². The molecule has 5 heteroatoms. The summed E-state index contributed by atoms with van der Waals surface area (Å²) in [5, 5.41) is 19.2. The van der Waals surface area contributed by atoms with Crippen LogP contribution in [0.25, 0.3) is 11.3 Å². The molecule has 1 aromatic heterocycles. The number of pyridine rings is 1. The predicted octanol–water partition coefficient (Wildman–Crippen LogP) is 4.39. The molecule has 5 nitrogen and oxygen atoms in total. The number of aryl methyl sites for hydroxylation is 1. The highest BCUT2D eigenvalue weighted by Crippen LogP contribution is 2.30. The van der Waals surface area contributed by atoms with Crippen LogP contribution in [0.4, 0.5) is 0 Å². The molecule has 2 aromatic carbocycles. The molecule has 0 bridgehead atoms. The van der Waals surface area contributed by atoms with Gasteiger partial charge in [0.2, 0.25) is 12.0 Å². The van der Waals surface area contributed by atoms with Gasteiger partial charge in [-0.2, -0.15) is 5.26 Å². The first-order chi connectivity index (χ1) is 13.1. The number of benzene rings is 2. The molecule has 134 valence electrons. The lowest BCUT2D eigenvalue weighted by Gasteiger charge is -2.17. The van der Waals surface area contributed by atoms with E-state index in [1.807, 2.05) is 43.3 Å². The Hall–Kier alpha value is -3.65. The van der Waals surface area contributed by atoms with Crippen LogP contribution in [0.3, 0.4) is 0 Å². The van der Waals surface area contributed by atoms with Gasteiger partial charge in [-0.25, -0.2) is 9.78 Å². The Morgan fingerprint density at radius 2 is 1.78 bits per heavy atom. The van der Waals surface area contributed by atoms with Gasteiger partial charge in [-0.05, 0) is 18.1 Å². The summed E-state index contributed by atoms with van der Waals surface area (Å²) in [7, 11) is 0. The van der Waals surface area contributed by atoms with Crippen molar-refractivity contribution in [2.24, 2.45) is 0 Å². The second kappa shape index (κ2) is 8.15. The fourth-order valence-corrected chi connectivity index (χ4v) is 2.81. The molecule has 0 fully saturated rings. The van der Waals surface area contributed by atoms with Crippen LogP contribution < -0.4 is 4.74 Å². The number of ether oxygens (including phenoxy) is 1. The topological polar surface area (TPSA) is 83.2 Å². The lowest BCUT2D eigenvalue weighted by atomic mass is 10.0. The Morgan fingerprint density at radius 1 is 1.15 bits per heavy atom. The van der Waals surface area contributed by atoms with Gasteiger partial charge < -0.3 is 9.84 Å². The highest BCUT2D eigenvalue weighted by Gasteiger charge is 2.25. The smallest absolute Gasteiger partial charge is 0.349 e. The summed E-state index contributed by atoms with van der Waals surface area (Å²) in [6.45, 7) is 1.93. The van der Waals surface area contributed by atoms with E-state index in [1.165, 1.54) is 0 Å². The molecule has 0 radical (unpaired) electrons. The first kappa shape index (κ1) is 18.2. The van der Waals surface area contributed by atoms with Gasteiger partial charge in [0.05, 0.1) is 5.69 Å². The van der Waals surface area contributed by atoms with Crippen molar-refractivity contribution in [2.75, 3.05) is 0 Å². The SMILES string of the molecule is CCc1cc(-c2ccccc2)nc(OC(C(=O)O)c2ccccc2)c1C#N. The first-order valence-electron chi connectivity index (χ1n) is 8.58. The monoisotopic (exact) mass is 358 g/mol. The quantitative estimate of drug-likeness (QED) is 0.707. The van der Waals surface area contributed by atoms with Crippen molar-refractivity contribution in [3.05, 3.63) is 83.4 Å². The summed E-state index contributed by atoms with van der Waals surface area (Å²) in [4.78, 5) is 16.2. The van der Waals surface area contributed by atoms with Gasteiger partial charge >= 0.3 is 5.97 Å². The molecule has 1 N–H and O–H groups in total. The summed E-state index contributed by atoms with van der Waals surface area (Å²) < 4.78 is 5.76. The van der Waals surface area contributed by atoms with Crippen LogP contribution in [0.2, 0.25) is 0 Å². The molecular formula is C22H18N2O3. The lowest BCUT2D eigenvalue weighted by Crippen LogP contribution is -2.19. The van der Waals surface area contributed by atoms with Crippen molar-refractivity contribution >= 4 is 5.97 Å². The Bertz CT molecular complexity index is 980. The van der Waals surface area contributed by atoms with Gasteiger partial charge in [-0.1, -0.05) is 67.6 Å². The highest BCUT2D eigenvalue weighted by atomic mass is 16.5. The standard InChI is InChI=1S/C22H18N2O3/c1-2-15-13-19(16-9-5-3-6-10-16)24-21(18(15)14-23)27-20(22(25)26)17-11-7-4-8-12-17/h3-13,20H,2H2,1H3,(H,25,26). The summed E-state index contributed by atoms with van der Waals surface area (Å²) in [6, 6.07) is 22.1. The molecule has 0 saturated carbocycles. The van der Waals surface area contributed by atoms with Gasteiger partial charge in [-0.3, -0.25) is 0 Å². The fraction of sp³-hybridized carbons (Fsp3) is 0.136.